The first-order chi connectivity index (χ1) is 14.9. The van der Waals surface area contributed by atoms with Gasteiger partial charge in [-0.25, -0.2) is 0 Å². The zero-order chi connectivity index (χ0) is 23.7. The summed E-state index contributed by atoms with van der Waals surface area (Å²) in [5.74, 6) is -0.285. The van der Waals surface area contributed by atoms with Crippen molar-refractivity contribution in [2.45, 2.75) is 38.5 Å². The molecule has 0 fully saturated rings. The Labute approximate surface area is 218 Å². The van der Waals surface area contributed by atoms with Crippen LogP contribution in [0, 0.1) is 0 Å². The van der Waals surface area contributed by atoms with E-state index in [9.17, 15) is 19.0 Å². The van der Waals surface area contributed by atoms with Gasteiger partial charge in [-0.2, -0.15) is 0 Å². The Kier molecular flexibility index (Phi) is 9.32. The average Bonchev–Trinajstić information content (AvgIpc) is 2.68. The van der Waals surface area contributed by atoms with Gasteiger partial charge in [0, 0.05) is 11.1 Å². The second-order valence-corrected chi connectivity index (χ2v) is 9.35. The van der Waals surface area contributed by atoms with Crippen LogP contribution in [0.1, 0.15) is 53.1 Å². The predicted molar refractivity (Wildman–Crippen MR) is 113 cm³/mol. The Hall–Kier alpha value is -1.26. The van der Waals surface area contributed by atoms with E-state index < -0.39 is 38.3 Å². The quantitative estimate of drug-likeness (QED) is 0.233. The Morgan fingerprint density at radius 2 is 1.94 bits per heavy atom. The summed E-state index contributed by atoms with van der Waals surface area (Å²) in [6.45, 7) is 3.96. The van der Waals surface area contributed by atoms with Crippen molar-refractivity contribution < 1.29 is 67.5 Å². The fourth-order valence-corrected chi connectivity index (χ4v) is 3.91. The van der Waals surface area contributed by atoms with E-state index in [4.69, 9.17) is 26.0 Å². The fourth-order valence-electron chi connectivity index (χ4n) is 3.49. The third-order valence-corrected chi connectivity index (χ3v) is 5.74. The van der Waals surface area contributed by atoms with Crippen LogP contribution in [0.4, 0.5) is 0 Å². The molecule has 0 aromatic heterocycles. The van der Waals surface area contributed by atoms with Gasteiger partial charge < -0.3 is 24.6 Å². The molecule has 3 rings (SSSR count). The zero-order valence-corrected chi connectivity index (χ0v) is 22.2. The fraction of sp³-hybridized carbons (Fsp3) is 0.333. The number of rotatable bonds is 7. The molecule has 1 aliphatic heterocycles. The number of carbonyl (C=O) groups excluding carboxylic acids is 2. The number of phosphoric ester groups is 1. The minimum Gasteiger partial charge on any atom is -0.756 e. The minimum absolute atomic E-state index is 0. The summed E-state index contributed by atoms with van der Waals surface area (Å²) in [5.41, 5.74) is 0.00171. The number of amides is 1. The Morgan fingerprint density at radius 3 is 2.55 bits per heavy atom. The summed E-state index contributed by atoms with van der Waals surface area (Å²) in [7, 11) is -5.03. The molecule has 33 heavy (non-hydrogen) atoms. The second-order valence-electron chi connectivity index (χ2n) is 7.75. The van der Waals surface area contributed by atoms with Crippen molar-refractivity contribution >= 4 is 31.1 Å². The SMILES string of the molecule is CC(=O)c1ccc2c(c1)[C@H](NC(=O)c1ccccc1Cl)[C@@H](OCOP(=O)([O-])O)C(C)(C)O2.[Na+]. The summed E-state index contributed by atoms with van der Waals surface area (Å²) < 4.78 is 26.9. The first-order valence-electron chi connectivity index (χ1n) is 9.58. The summed E-state index contributed by atoms with van der Waals surface area (Å²) in [5, 5.41) is 3.09. The third-order valence-electron chi connectivity index (χ3n) is 4.98. The molecule has 0 bridgehead atoms. The number of fused-ring (bicyclic) bond motifs is 1. The van der Waals surface area contributed by atoms with Gasteiger partial charge in [-0.15, -0.1) is 0 Å². The van der Waals surface area contributed by atoms with Gasteiger partial charge >= 0.3 is 29.6 Å². The molecule has 2 N–H and O–H groups in total. The van der Waals surface area contributed by atoms with Crippen molar-refractivity contribution in [1.29, 1.82) is 0 Å². The van der Waals surface area contributed by atoms with E-state index >= 15 is 0 Å². The molecule has 0 saturated heterocycles. The minimum atomic E-state index is -5.03. The number of nitrogens with one attached hydrogen (secondary N) is 1. The molecule has 2 aromatic rings. The van der Waals surface area contributed by atoms with Crippen molar-refractivity contribution in [2.24, 2.45) is 0 Å². The number of ether oxygens (including phenoxy) is 2. The van der Waals surface area contributed by atoms with Gasteiger partial charge in [0.1, 0.15) is 17.5 Å². The number of phosphoric acid groups is 1. The molecule has 172 valence electrons. The first kappa shape index (κ1) is 28.0. The first-order valence-corrected chi connectivity index (χ1v) is 11.5. The van der Waals surface area contributed by atoms with Crippen molar-refractivity contribution in [2.75, 3.05) is 6.79 Å². The van der Waals surface area contributed by atoms with Crippen LogP contribution in [0.2, 0.25) is 5.02 Å². The molecular weight excluding hydrogens is 484 g/mol. The molecule has 1 unspecified atom stereocenters. The van der Waals surface area contributed by atoms with Crippen molar-refractivity contribution in [3.05, 3.63) is 64.2 Å². The largest absolute Gasteiger partial charge is 1.00 e. The van der Waals surface area contributed by atoms with E-state index in [2.05, 4.69) is 9.84 Å². The van der Waals surface area contributed by atoms with Gasteiger partial charge in [-0.05, 0) is 51.1 Å². The molecule has 2 aromatic carbocycles. The van der Waals surface area contributed by atoms with Gasteiger partial charge in [0.05, 0.1) is 16.6 Å². The maximum absolute atomic E-state index is 13.0. The van der Waals surface area contributed by atoms with E-state index in [1.165, 1.54) is 6.92 Å². The normalized spacial score (nSPS) is 20.4. The monoisotopic (exact) mass is 505 g/mol. The number of Topliss-reactive ketones (excluding diaryl/α,β-unsaturated/α-hetero) is 1. The van der Waals surface area contributed by atoms with E-state index in [1.54, 1.807) is 56.3 Å². The van der Waals surface area contributed by atoms with Crippen LogP contribution in [0.3, 0.4) is 0 Å². The van der Waals surface area contributed by atoms with Gasteiger partial charge in [-0.1, -0.05) is 23.7 Å². The van der Waals surface area contributed by atoms with Crippen molar-refractivity contribution in [3.63, 3.8) is 0 Å². The Morgan fingerprint density at radius 1 is 1.27 bits per heavy atom. The smallest absolute Gasteiger partial charge is 0.756 e. The maximum Gasteiger partial charge on any atom is 1.00 e. The second kappa shape index (κ2) is 11.0. The number of ketones is 1. The number of benzene rings is 2. The van der Waals surface area contributed by atoms with Crippen LogP contribution in [-0.4, -0.2) is 35.1 Å². The molecule has 0 aliphatic carbocycles. The maximum atomic E-state index is 13.0. The van der Waals surface area contributed by atoms with Gasteiger partial charge in [0.15, 0.2) is 12.6 Å². The predicted octanol–water partition coefficient (Wildman–Crippen LogP) is 0.00870. The van der Waals surface area contributed by atoms with Crippen LogP contribution in [0.15, 0.2) is 42.5 Å². The van der Waals surface area contributed by atoms with Crippen molar-refractivity contribution in [3.8, 4) is 5.75 Å². The van der Waals surface area contributed by atoms with Crippen LogP contribution in [0.25, 0.3) is 0 Å². The van der Waals surface area contributed by atoms with E-state index in [1.807, 2.05) is 0 Å². The number of hydrogen-bond donors (Lipinski definition) is 2. The number of halogens is 1. The molecule has 0 saturated carbocycles. The van der Waals surface area contributed by atoms with E-state index in [0.29, 0.717) is 16.9 Å². The van der Waals surface area contributed by atoms with E-state index in [-0.39, 0.29) is 45.9 Å². The van der Waals surface area contributed by atoms with Crippen LogP contribution in [-0.2, 0) is 13.8 Å². The Bertz CT molecular complexity index is 1090. The van der Waals surface area contributed by atoms with Crippen LogP contribution < -0.4 is 44.5 Å². The van der Waals surface area contributed by atoms with E-state index in [0.717, 1.165) is 0 Å². The summed E-state index contributed by atoms with van der Waals surface area (Å²) in [6.07, 6.45) is -0.963. The zero-order valence-electron chi connectivity index (χ0n) is 18.5. The Balaban J connectivity index is 0.00000385. The topological polar surface area (TPSA) is 134 Å². The van der Waals surface area contributed by atoms with Crippen molar-refractivity contribution in [1.82, 2.24) is 5.32 Å². The molecule has 1 heterocycles. The van der Waals surface area contributed by atoms with Crippen LogP contribution >= 0.6 is 19.4 Å². The van der Waals surface area contributed by atoms with Gasteiger partial charge in [0.2, 0.25) is 0 Å². The third kappa shape index (κ3) is 6.88. The standard InChI is InChI=1S/C21H23ClNO8P.Na/c1-12(24)13-8-9-17-15(10-13)18(23-20(25)14-6-4-5-7-16(14)22)19(21(2,3)31-17)29-11-30-32(26,27)28;/h4-10,18-19H,11H2,1-3H3,(H,23,25)(H2,26,27,28);/q;+1/p-1/t18-,19+;/m0./s1. The molecule has 9 nitrogen and oxygen atoms in total. The molecule has 0 radical (unpaired) electrons. The van der Waals surface area contributed by atoms with Gasteiger partial charge in [-0.3, -0.25) is 18.7 Å². The summed E-state index contributed by atoms with van der Waals surface area (Å²) in [4.78, 5) is 44.8. The molecule has 3 atom stereocenters. The molecule has 1 aliphatic rings. The molecular formula is C21H22ClNNaO8P. The number of carbonyl (C=O) groups is 2. The number of hydrogen-bond acceptors (Lipinski definition) is 7. The van der Waals surface area contributed by atoms with Crippen LogP contribution in [0.5, 0.6) is 5.75 Å². The summed E-state index contributed by atoms with van der Waals surface area (Å²) in [6, 6.07) is 10.4. The molecule has 12 heteroatoms. The molecule has 0 spiro atoms. The molecule has 1 amide bonds. The van der Waals surface area contributed by atoms with Gasteiger partial charge in [0.25, 0.3) is 13.7 Å². The average molecular weight is 506 g/mol. The summed E-state index contributed by atoms with van der Waals surface area (Å²) >= 11 is 6.16.